The fourth-order valence-corrected chi connectivity index (χ4v) is 4.17. The Kier molecular flexibility index (Phi) is 7.23. The van der Waals surface area contributed by atoms with Crippen LogP contribution in [0.2, 0.25) is 0 Å². The lowest BCUT2D eigenvalue weighted by atomic mass is 10.1. The number of nitrogens with zero attached hydrogens (tertiary/aromatic N) is 1. The van der Waals surface area contributed by atoms with E-state index in [4.69, 9.17) is 11.6 Å². The van der Waals surface area contributed by atoms with Gasteiger partial charge in [0.2, 0.25) is 0 Å². The van der Waals surface area contributed by atoms with E-state index < -0.39 is 33.0 Å². The molecule has 1 N–H and O–H groups in total. The number of benzene rings is 2. The van der Waals surface area contributed by atoms with Gasteiger partial charge in [-0.1, -0.05) is 18.2 Å². The fourth-order valence-electron chi connectivity index (χ4n) is 3.26. The molecule has 0 aliphatic carbocycles. The molecule has 0 radical (unpaired) electrons. The number of carbonyl (C=O) groups is 1. The molecule has 3 rings (SSSR count). The zero-order valence-corrected chi connectivity index (χ0v) is 19.7. The summed E-state index contributed by atoms with van der Waals surface area (Å²) in [5, 5.41) is 0. The molecular weight excluding hydrogens is 493 g/mol. The van der Waals surface area contributed by atoms with Gasteiger partial charge in [-0.2, -0.15) is 13.2 Å². The van der Waals surface area contributed by atoms with Crippen LogP contribution in [-0.4, -0.2) is 25.6 Å². The van der Waals surface area contributed by atoms with Crippen molar-refractivity contribution in [3.8, 4) is 0 Å². The average Bonchev–Trinajstić information content (AvgIpc) is 2.76. The van der Waals surface area contributed by atoms with Crippen LogP contribution in [-0.2, 0) is 28.4 Å². The van der Waals surface area contributed by atoms with Gasteiger partial charge < -0.3 is 9.88 Å². The number of nitrogens with one attached hydrogen (secondary N) is 1. The normalized spacial score (nSPS) is 11.9. The highest BCUT2D eigenvalue weighted by molar-refractivity contribution is 7.90. The number of aromatic amines is 1. The number of aryl methyl sites for hydroxylation is 1. The van der Waals surface area contributed by atoms with Crippen LogP contribution in [0.25, 0.3) is 0 Å². The number of sulfone groups is 1. The van der Waals surface area contributed by atoms with Crippen molar-refractivity contribution < 1.29 is 26.4 Å². The van der Waals surface area contributed by atoms with Gasteiger partial charge >= 0.3 is 6.18 Å². The Morgan fingerprint density at radius 1 is 1.09 bits per heavy atom. The second-order valence-corrected chi connectivity index (χ2v) is 9.93. The van der Waals surface area contributed by atoms with Crippen molar-refractivity contribution in [2.45, 2.75) is 30.4 Å². The predicted molar refractivity (Wildman–Crippen MR) is 123 cm³/mol. The molecule has 1 amide bonds. The van der Waals surface area contributed by atoms with Crippen molar-refractivity contribution in [2.24, 2.45) is 0 Å². The monoisotopic (exact) mass is 512 g/mol. The maximum absolute atomic E-state index is 13.4. The third kappa shape index (κ3) is 5.68. The second kappa shape index (κ2) is 9.63. The number of alkyl halides is 4. The van der Waals surface area contributed by atoms with E-state index in [1.807, 2.05) is 0 Å². The number of hydrogen-bond acceptors (Lipinski definition) is 4. The number of carbonyl (C=O) groups excluding carboxylic acids is 1. The minimum absolute atomic E-state index is 0.0133. The van der Waals surface area contributed by atoms with Crippen molar-refractivity contribution in [3.05, 3.63) is 92.9 Å². The molecule has 0 spiro atoms. The summed E-state index contributed by atoms with van der Waals surface area (Å²) in [6.45, 7) is 1.40. The van der Waals surface area contributed by atoms with Gasteiger partial charge in [-0.3, -0.25) is 9.59 Å². The van der Waals surface area contributed by atoms with Crippen LogP contribution in [0.1, 0.15) is 32.7 Å². The molecule has 2 aromatic carbocycles. The minimum atomic E-state index is -4.64. The van der Waals surface area contributed by atoms with Gasteiger partial charge in [0.15, 0.2) is 9.84 Å². The molecule has 0 atom stereocenters. The Labute approximate surface area is 198 Å². The fraction of sp³-hybridized carbons (Fsp3) is 0.217. The van der Waals surface area contributed by atoms with E-state index in [0.717, 1.165) is 29.4 Å². The van der Waals surface area contributed by atoms with Crippen molar-refractivity contribution in [3.63, 3.8) is 0 Å². The summed E-state index contributed by atoms with van der Waals surface area (Å²) in [6.07, 6.45) is -3.60. The molecule has 6 nitrogen and oxygen atoms in total. The first-order valence-electron chi connectivity index (χ1n) is 9.88. The highest BCUT2D eigenvalue weighted by Crippen LogP contribution is 2.32. The molecule has 11 heteroatoms. The largest absolute Gasteiger partial charge is 0.416 e. The topological polar surface area (TPSA) is 87.3 Å². The van der Waals surface area contributed by atoms with Gasteiger partial charge in [0.25, 0.3) is 11.5 Å². The lowest BCUT2D eigenvalue weighted by Gasteiger charge is -2.24. The van der Waals surface area contributed by atoms with Crippen molar-refractivity contribution in [1.29, 1.82) is 0 Å². The zero-order chi connectivity index (χ0) is 25.3. The Balaban J connectivity index is 2.11. The van der Waals surface area contributed by atoms with Crippen LogP contribution in [0.3, 0.4) is 0 Å². The van der Waals surface area contributed by atoms with E-state index in [-0.39, 0.29) is 28.6 Å². The third-order valence-electron chi connectivity index (χ3n) is 5.14. The van der Waals surface area contributed by atoms with E-state index in [1.54, 1.807) is 6.92 Å². The minimum Gasteiger partial charge on any atom is -0.326 e. The third-order valence-corrected chi connectivity index (χ3v) is 6.56. The molecule has 0 fully saturated rings. The van der Waals surface area contributed by atoms with E-state index in [9.17, 15) is 31.2 Å². The van der Waals surface area contributed by atoms with Gasteiger partial charge in [0.1, 0.15) is 5.56 Å². The van der Waals surface area contributed by atoms with E-state index in [1.165, 1.54) is 36.4 Å². The average molecular weight is 513 g/mol. The van der Waals surface area contributed by atoms with Crippen LogP contribution >= 0.6 is 11.6 Å². The van der Waals surface area contributed by atoms with Gasteiger partial charge in [0.05, 0.1) is 17.0 Å². The summed E-state index contributed by atoms with van der Waals surface area (Å²) < 4.78 is 63.4. The number of rotatable bonds is 6. The number of pyridine rings is 1. The molecular formula is C23H20ClF3N2O4S. The molecule has 1 aromatic heterocycles. The lowest BCUT2D eigenvalue weighted by Crippen LogP contribution is -2.35. The molecule has 0 saturated heterocycles. The SMILES string of the molecule is Cc1[nH]c(=O)c(C(=O)N(Cc2ccc(S(C)(=O)=O)cc2)c2cccc(C(F)(F)F)c2)cc1CCl. The molecule has 0 aliphatic heterocycles. The highest BCUT2D eigenvalue weighted by Gasteiger charge is 2.32. The van der Waals surface area contributed by atoms with Crippen LogP contribution < -0.4 is 10.5 Å². The summed E-state index contributed by atoms with van der Waals surface area (Å²) in [6, 6.07) is 11.1. The van der Waals surface area contributed by atoms with Crippen LogP contribution in [0.15, 0.2) is 64.3 Å². The number of halogens is 4. The number of anilines is 1. The Bertz CT molecular complexity index is 1380. The maximum atomic E-state index is 13.4. The van der Waals surface area contributed by atoms with Crippen LogP contribution in [0.4, 0.5) is 18.9 Å². The summed E-state index contributed by atoms with van der Waals surface area (Å²) in [7, 11) is -3.46. The second-order valence-electron chi connectivity index (χ2n) is 7.65. The number of hydrogen-bond donors (Lipinski definition) is 1. The van der Waals surface area contributed by atoms with E-state index in [0.29, 0.717) is 16.8 Å². The smallest absolute Gasteiger partial charge is 0.326 e. The summed E-state index contributed by atoms with van der Waals surface area (Å²) in [5.41, 5.74) is -0.634. The number of amides is 1. The van der Waals surface area contributed by atoms with Crippen molar-refractivity contribution in [2.75, 3.05) is 11.2 Å². The lowest BCUT2D eigenvalue weighted by molar-refractivity contribution is -0.137. The number of aromatic nitrogens is 1. The zero-order valence-electron chi connectivity index (χ0n) is 18.1. The summed E-state index contributed by atoms with van der Waals surface area (Å²) in [4.78, 5) is 29.6. The van der Waals surface area contributed by atoms with Gasteiger partial charge in [0, 0.05) is 23.5 Å². The molecule has 3 aromatic rings. The Morgan fingerprint density at radius 3 is 2.29 bits per heavy atom. The molecule has 0 aliphatic rings. The predicted octanol–water partition coefficient (Wildman–Crippen LogP) is 4.69. The first kappa shape index (κ1) is 25.5. The van der Waals surface area contributed by atoms with Gasteiger partial charge in [-0.15, -0.1) is 11.6 Å². The van der Waals surface area contributed by atoms with Crippen LogP contribution in [0.5, 0.6) is 0 Å². The molecule has 180 valence electrons. The highest BCUT2D eigenvalue weighted by atomic mass is 35.5. The van der Waals surface area contributed by atoms with Crippen molar-refractivity contribution >= 4 is 33.0 Å². The molecule has 0 unspecified atom stereocenters. The Morgan fingerprint density at radius 2 is 1.74 bits per heavy atom. The summed E-state index contributed by atoms with van der Waals surface area (Å²) in [5.74, 6) is -0.821. The Hall–Kier alpha value is -3.11. The first-order valence-corrected chi connectivity index (χ1v) is 12.3. The van der Waals surface area contributed by atoms with Crippen molar-refractivity contribution in [1.82, 2.24) is 4.98 Å². The first-order chi connectivity index (χ1) is 15.8. The van der Waals surface area contributed by atoms with E-state index in [2.05, 4.69) is 4.98 Å². The summed E-state index contributed by atoms with van der Waals surface area (Å²) >= 11 is 5.89. The molecule has 0 saturated carbocycles. The molecule has 1 heterocycles. The van der Waals surface area contributed by atoms with E-state index >= 15 is 0 Å². The molecule has 34 heavy (non-hydrogen) atoms. The standard InChI is InChI=1S/C23H20ClF3N2O4S/c1-14-16(12-24)10-20(21(30)28-14)22(31)29(18-5-3-4-17(11-18)23(25,26)27)13-15-6-8-19(9-7-15)34(2,32)33/h3-11H,12-13H2,1-2H3,(H,28,30). The quantitative estimate of drug-likeness (QED) is 0.485. The molecule has 0 bridgehead atoms. The van der Waals surface area contributed by atoms with Crippen LogP contribution in [0, 0.1) is 6.92 Å². The number of H-pyrrole nitrogens is 1. The van der Waals surface area contributed by atoms with Gasteiger partial charge in [-0.25, -0.2) is 8.42 Å². The maximum Gasteiger partial charge on any atom is 0.416 e. The van der Waals surface area contributed by atoms with Gasteiger partial charge in [-0.05, 0) is 54.4 Å².